The zero-order valence-electron chi connectivity index (χ0n) is 16.1. The molecule has 4 N–H and O–H groups in total. The number of hydrazine groups is 1. The summed E-state index contributed by atoms with van der Waals surface area (Å²) in [6, 6.07) is 11.4. The van der Waals surface area contributed by atoms with Crippen LogP contribution in [0.15, 0.2) is 48.8 Å². The molecule has 0 saturated carbocycles. The number of carbonyl (C=O) groups is 1. The van der Waals surface area contributed by atoms with E-state index in [-0.39, 0.29) is 0 Å². The molecule has 3 heterocycles. The van der Waals surface area contributed by atoms with Crippen molar-refractivity contribution in [3.8, 4) is 16.8 Å². The number of nitrogens with zero attached hydrogens (tertiary/aromatic N) is 2. The first-order valence-corrected chi connectivity index (χ1v) is 11.0. The molecule has 1 aliphatic carbocycles. The van der Waals surface area contributed by atoms with Crippen molar-refractivity contribution >= 4 is 44.2 Å². The number of carbonyl (C=O) groups excluding carboxylic acids is 1. The number of rotatable bonds is 3. The number of hydrogen-bond acceptors (Lipinski definition) is 4. The van der Waals surface area contributed by atoms with E-state index in [1.807, 2.05) is 41.2 Å². The number of aryl methyl sites for hydroxylation is 1. The summed E-state index contributed by atoms with van der Waals surface area (Å²) in [5, 5.41) is 5.32. The van der Waals surface area contributed by atoms with Crippen molar-refractivity contribution in [1.29, 1.82) is 0 Å². The highest BCUT2D eigenvalue weighted by atomic mass is 35.5. The molecule has 0 unspecified atom stereocenters. The van der Waals surface area contributed by atoms with Crippen LogP contribution >= 0.6 is 22.9 Å². The lowest BCUT2D eigenvalue weighted by atomic mass is 9.87. The van der Waals surface area contributed by atoms with E-state index in [1.165, 1.54) is 22.5 Å². The van der Waals surface area contributed by atoms with Gasteiger partial charge in [-0.1, -0.05) is 35.1 Å². The maximum absolute atomic E-state index is 12.0. The van der Waals surface area contributed by atoms with Gasteiger partial charge in [0, 0.05) is 28.5 Å². The molecule has 0 bridgehead atoms. The predicted octanol–water partition coefficient (Wildman–Crippen LogP) is 5.28. The van der Waals surface area contributed by atoms with E-state index in [4.69, 9.17) is 22.4 Å². The lowest BCUT2D eigenvalue weighted by Gasteiger charge is -2.21. The lowest BCUT2D eigenvalue weighted by molar-refractivity contribution is 0.252. The molecule has 0 fully saturated rings. The van der Waals surface area contributed by atoms with Crippen molar-refractivity contribution in [1.82, 2.24) is 15.0 Å². The number of halogens is 1. The van der Waals surface area contributed by atoms with Gasteiger partial charge in [0.25, 0.3) is 0 Å². The van der Waals surface area contributed by atoms with E-state index in [0.29, 0.717) is 10.0 Å². The molecule has 0 saturated heterocycles. The van der Waals surface area contributed by atoms with Gasteiger partial charge in [-0.15, -0.1) is 0 Å². The van der Waals surface area contributed by atoms with Gasteiger partial charge in [-0.25, -0.2) is 15.6 Å². The average molecular weight is 438 g/mol. The molecular formula is C22H20ClN5OS. The Bertz CT molecular complexity index is 1230. The number of urea groups is 1. The largest absolute Gasteiger partial charge is 0.334 e. The van der Waals surface area contributed by atoms with E-state index in [1.54, 1.807) is 0 Å². The minimum absolute atomic E-state index is 0.465. The highest BCUT2D eigenvalue weighted by Gasteiger charge is 2.26. The van der Waals surface area contributed by atoms with Crippen LogP contribution in [0.1, 0.15) is 24.1 Å². The van der Waals surface area contributed by atoms with Gasteiger partial charge < -0.3 is 4.57 Å². The summed E-state index contributed by atoms with van der Waals surface area (Å²) in [5.74, 6) is 5.33. The number of hydrogen-bond donors (Lipinski definition) is 3. The van der Waals surface area contributed by atoms with E-state index in [2.05, 4.69) is 22.9 Å². The second kappa shape index (κ2) is 7.75. The van der Waals surface area contributed by atoms with Gasteiger partial charge in [0.15, 0.2) is 0 Å². The van der Waals surface area contributed by atoms with Crippen LogP contribution in [0.5, 0.6) is 0 Å². The number of pyridine rings is 1. The number of fused-ring (bicyclic) bond motifs is 2. The molecule has 5 rings (SSSR count). The number of anilines is 1. The van der Waals surface area contributed by atoms with Gasteiger partial charge in [0.05, 0.1) is 5.69 Å². The molecule has 2 amide bonds. The number of nitrogens with two attached hydrogens (primary N) is 1. The van der Waals surface area contributed by atoms with Crippen molar-refractivity contribution in [2.24, 2.45) is 5.84 Å². The van der Waals surface area contributed by atoms with Gasteiger partial charge in [0.2, 0.25) is 0 Å². The van der Waals surface area contributed by atoms with Gasteiger partial charge in [-0.3, -0.25) is 10.7 Å². The molecule has 3 aromatic heterocycles. The fraction of sp³-hybridized carbons (Fsp3) is 0.182. The third-order valence-electron chi connectivity index (χ3n) is 5.45. The minimum atomic E-state index is -0.465. The van der Waals surface area contributed by atoms with Gasteiger partial charge >= 0.3 is 6.03 Å². The van der Waals surface area contributed by atoms with E-state index in [0.717, 1.165) is 52.8 Å². The van der Waals surface area contributed by atoms with Crippen LogP contribution in [0, 0.1) is 0 Å². The molecule has 0 atom stereocenters. The maximum Gasteiger partial charge on any atom is 0.334 e. The monoisotopic (exact) mass is 437 g/mol. The molecule has 0 aliphatic heterocycles. The van der Waals surface area contributed by atoms with Crippen LogP contribution in [-0.4, -0.2) is 15.6 Å². The highest BCUT2D eigenvalue weighted by molar-refractivity contribution is 7.23. The summed E-state index contributed by atoms with van der Waals surface area (Å²) in [6.07, 6.45) is 8.18. The molecule has 0 spiro atoms. The van der Waals surface area contributed by atoms with Crippen molar-refractivity contribution < 1.29 is 4.79 Å². The van der Waals surface area contributed by atoms with Crippen LogP contribution in [0.3, 0.4) is 0 Å². The first-order chi connectivity index (χ1) is 14.7. The van der Waals surface area contributed by atoms with Crippen LogP contribution in [0.4, 0.5) is 9.80 Å². The Morgan fingerprint density at radius 1 is 1.13 bits per heavy atom. The summed E-state index contributed by atoms with van der Waals surface area (Å²) in [6.45, 7) is 0. The molecule has 4 aromatic rings. The summed E-state index contributed by atoms with van der Waals surface area (Å²) >= 11 is 7.64. The fourth-order valence-corrected chi connectivity index (χ4v) is 5.38. The molecule has 1 aliphatic rings. The van der Waals surface area contributed by atoms with E-state index < -0.39 is 6.03 Å². The number of thiophene rings is 1. The Kier molecular flexibility index (Phi) is 4.94. The minimum Gasteiger partial charge on any atom is -0.321 e. The quantitative estimate of drug-likeness (QED) is 0.231. The molecule has 30 heavy (non-hydrogen) atoms. The molecule has 0 radical (unpaired) electrons. The fourth-order valence-electron chi connectivity index (χ4n) is 4.16. The Balaban J connectivity index is 1.87. The zero-order valence-corrected chi connectivity index (χ0v) is 17.7. The SMILES string of the molecule is NNC(=O)Nc1sc2nc3c(c(-c4ccc(Cl)cc4)c2c1-n1cccc1)CCCC3. The number of nitrogens with one attached hydrogen (secondary N) is 2. The van der Waals surface area contributed by atoms with Gasteiger partial charge in [-0.2, -0.15) is 0 Å². The molecular weight excluding hydrogens is 418 g/mol. The summed E-state index contributed by atoms with van der Waals surface area (Å²) in [4.78, 5) is 18.0. The summed E-state index contributed by atoms with van der Waals surface area (Å²) in [5.41, 5.74) is 7.76. The van der Waals surface area contributed by atoms with E-state index >= 15 is 0 Å². The first kappa shape index (κ1) is 19.1. The average Bonchev–Trinajstić information content (AvgIpc) is 3.40. The summed E-state index contributed by atoms with van der Waals surface area (Å²) in [7, 11) is 0. The second-order valence-corrected chi connectivity index (χ2v) is 8.71. The molecule has 6 nitrogen and oxygen atoms in total. The topological polar surface area (TPSA) is 85.0 Å². The van der Waals surface area contributed by atoms with Crippen LogP contribution in [0.2, 0.25) is 5.02 Å². The molecule has 8 heteroatoms. The van der Waals surface area contributed by atoms with Gasteiger partial charge in [0.1, 0.15) is 9.83 Å². The third-order valence-corrected chi connectivity index (χ3v) is 6.69. The lowest BCUT2D eigenvalue weighted by Crippen LogP contribution is -2.34. The van der Waals surface area contributed by atoms with Crippen molar-refractivity contribution in [2.45, 2.75) is 25.7 Å². The van der Waals surface area contributed by atoms with Crippen molar-refractivity contribution in [2.75, 3.05) is 5.32 Å². The molecule has 152 valence electrons. The maximum atomic E-state index is 12.0. The molecule has 1 aromatic carbocycles. The Hall–Kier alpha value is -2.87. The zero-order chi connectivity index (χ0) is 20.7. The van der Waals surface area contributed by atoms with Crippen LogP contribution in [0.25, 0.3) is 27.0 Å². The first-order valence-electron chi connectivity index (χ1n) is 9.81. The van der Waals surface area contributed by atoms with E-state index in [9.17, 15) is 4.79 Å². The Morgan fingerprint density at radius 2 is 1.87 bits per heavy atom. The highest BCUT2D eigenvalue weighted by Crippen LogP contribution is 2.46. The number of aromatic nitrogens is 2. The van der Waals surface area contributed by atoms with Gasteiger partial charge in [-0.05, 0) is 66.6 Å². The van der Waals surface area contributed by atoms with Crippen LogP contribution < -0.4 is 16.6 Å². The van der Waals surface area contributed by atoms with Crippen LogP contribution in [-0.2, 0) is 12.8 Å². The van der Waals surface area contributed by atoms with Crippen molar-refractivity contribution in [3.05, 3.63) is 65.1 Å². The third kappa shape index (κ3) is 3.25. The Labute approximate surface area is 182 Å². The number of benzene rings is 1. The predicted molar refractivity (Wildman–Crippen MR) is 122 cm³/mol. The second-order valence-electron chi connectivity index (χ2n) is 7.27. The smallest absolute Gasteiger partial charge is 0.321 e. The van der Waals surface area contributed by atoms with Crippen molar-refractivity contribution in [3.63, 3.8) is 0 Å². The standard InChI is InChI=1S/C22H20ClN5OS/c23-14-9-7-13(8-10-14)17-15-5-1-2-6-16(15)25-20-18(17)19(28-11-3-4-12-28)21(30-20)26-22(29)27-24/h3-4,7-12H,1-2,5-6,24H2,(H2,26,27,29). The normalized spacial score (nSPS) is 13.3. The Morgan fingerprint density at radius 3 is 2.60 bits per heavy atom. The summed E-state index contributed by atoms with van der Waals surface area (Å²) < 4.78 is 2.02. The number of amides is 2.